The van der Waals surface area contributed by atoms with Crippen LogP contribution >= 0.6 is 23.4 Å². The van der Waals surface area contributed by atoms with Crippen LogP contribution in [0.2, 0.25) is 5.02 Å². The molecule has 1 heterocycles. The summed E-state index contributed by atoms with van der Waals surface area (Å²) in [6.45, 7) is 4.81. The second kappa shape index (κ2) is 9.17. The van der Waals surface area contributed by atoms with Gasteiger partial charge in [0, 0.05) is 17.1 Å². The van der Waals surface area contributed by atoms with Crippen LogP contribution in [0.1, 0.15) is 25.0 Å². The van der Waals surface area contributed by atoms with Gasteiger partial charge in [0.05, 0.1) is 11.5 Å². The summed E-state index contributed by atoms with van der Waals surface area (Å²) in [5.74, 6) is 0.883. The Morgan fingerprint density at radius 1 is 1.07 bits per heavy atom. The average molecular weight is 418 g/mol. The first-order valence-corrected chi connectivity index (χ1v) is 10.1. The minimum atomic E-state index is -0.269. The Labute approximate surface area is 173 Å². The zero-order chi connectivity index (χ0) is 20.1. The van der Waals surface area contributed by atoms with Crippen LogP contribution in [0.15, 0.2) is 47.4 Å². The molecule has 2 amide bonds. The van der Waals surface area contributed by atoms with Crippen molar-refractivity contribution >= 4 is 40.6 Å². The van der Waals surface area contributed by atoms with Crippen molar-refractivity contribution in [1.29, 1.82) is 0 Å². The van der Waals surface area contributed by atoms with Gasteiger partial charge in [-0.3, -0.25) is 14.5 Å². The molecule has 0 N–H and O–H groups in total. The number of imide groups is 1. The maximum atomic E-state index is 12.3. The quantitative estimate of drug-likeness (QED) is 0.566. The van der Waals surface area contributed by atoms with Crippen LogP contribution in [0.5, 0.6) is 11.5 Å². The molecule has 0 aromatic heterocycles. The molecule has 1 saturated heterocycles. The van der Waals surface area contributed by atoms with Gasteiger partial charge in [-0.2, -0.15) is 0 Å². The van der Waals surface area contributed by atoms with E-state index in [0.29, 0.717) is 41.2 Å². The Kier molecular flexibility index (Phi) is 6.65. The third-order valence-electron chi connectivity index (χ3n) is 4.10. The number of hydrogen-bond donors (Lipinski definition) is 0. The van der Waals surface area contributed by atoms with E-state index in [0.717, 1.165) is 22.9 Å². The van der Waals surface area contributed by atoms with E-state index in [1.54, 1.807) is 25.1 Å². The predicted molar refractivity (Wildman–Crippen MR) is 112 cm³/mol. The zero-order valence-corrected chi connectivity index (χ0v) is 17.2. The van der Waals surface area contributed by atoms with Crippen molar-refractivity contribution in [1.82, 2.24) is 4.90 Å². The number of halogens is 1. The maximum absolute atomic E-state index is 12.3. The molecule has 28 heavy (non-hydrogen) atoms. The summed E-state index contributed by atoms with van der Waals surface area (Å²) in [6.07, 6.45) is 1.70. The van der Waals surface area contributed by atoms with Gasteiger partial charge in [-0.25, -0.2) is 0 Å². The van der Waals surface area contributed by atoms with Crippen LogP contribution in [-0.2, 0) is 11.4 Å². The first-order valence-electron chi connectivity index (χ1n) is 8.92. The normalized spacial score (nSPS) is 15.4. The van der Waals surface area contributed by atoms with E-state index in [-0.39, 0.29) is 11.1 Å². The number of ether oxygens (including phenoxy) is 2. The lowest BCUT2D eigenvalue weighted by Gasteiger charge is -2.13. The Morgan fingerprint density at radius 3 is 2.54 bits per heavy atom. The molecule has 2 aromatic rings. The monoisotopic (exact) mass is 417 g/mol. The fraction of sp³-hybridized carbons (Fsp3) is 0.238. The molecule has 5 nitrogen and oxygen atoms in total. The van der Waals surface area contributed by atoms with Crippen LogP contribution in [0.25, 0.3) is 6.08 Å². The molecule has 3 rings (SSSR count). The van der Waals surface area contributed by atoms with Gasteiger partial charge in [-0.05, 0) is 55.4 Å². The van der Waals surface area contributed by atoms with Crippen LogP contribution in [0, 0.1) is 0 Å². The van der Waals surface area contributed by atoms with Crippen molar-refractivity contribution < 1.29 is 19.1 Å². The highest BCUT2D eigenvalue weighted by molar-refractivity contribution is 8.18. The number of thioether (sulfide) groups is 1. The number of benzene rings is 2. The molecule has 0 spiro atoms. The highest BCUT2D eigenvalue weighted by atomic mass is 35.5. The van der Waals surface area contributed by atoms with Crippen molar-refractivity contribution in [3.8, 4) is 11.5 Å². The molecule has 0 atom stereocenters. The molecule has 0 saturated carbocycles. The number of nitrogens with zero attached hydrogens (tertiary/aromatic N) is 1. The fourth-order valence-corrected chi connectivity index (χ4v) is 3.79. The van der Waals surface area contributed by atoms with Gasteiger partial charge in [-0.15, -0.1) is 0 Å². The minimum Gasteiger partial charge on any atom is -0.490 e. The second-order valence-corrected chi connectivity index (χ2v) is 7.35. The highest BCUT2D eigenvalue weighted by Crippen LogP contribution is 2.35. The number of likely N-dealkylation sites (N-methyl/N-ethyl adjacent to an activating group) is 1. The van der Waals surface area contributed by atoms with Gasteiger partial charge in [-0.1, -0.05) is 35.9 Å². The third-order valence-corrected chi connectivity index (χ3v) is 5.37. The van der Waals surface area contributed by atoms with Crippen molar-refractivity contribution in [3.05, 3.63) is 63.5 Å². The minimum absolute atomic E-state index is 0.247. The summed E-state index contributed by atoms with van der Waals surface area (Å²) >= 11 is 7.12. The standard InChI is InChI=1S/C21H20ClNO4S/c1-3-23-20(24)19(28-21(23)25)12-14-9-10-17(18(11-14)26-4-2)27-13-15-7-5-6-8-16(15)22/h5-12H,3-4,13H2,1-2H3. The molecule has 146 valence electrons. The smallest absolute Gasteiger partial charge is 0.293 e. The lowest BCUT2D eigenvalue weighted by atomic mass is 10.1. The van der Waals surface area contributed by atoms with E-state index in [4.69, 9.17) is 21.1 Å². The molecule has 1 aliphatic rings. The molecule has 0 radical (unpaired) electrons. The summed E-state index contributed by atoms with van der Waals surface area (Å²) in [5, 5.41) is 0.396. The number of rotatable bonds is 7. The van der Waals surface area contributed by atoms with Gasteiger partial charge < -0.3 is 9.47 Å². The van der Waals surface area contributed by atoms with E-state index in [1.807, 2.05) is 37.3 Å². The SMILES string of the molecule is CCOc1cc(C=C2SC(=O)N(CC)C2=O)ccc1OCc1ccccc1Cl. The van der Waals surface area contributed by atoms with E-state index < -0.39 is 0 Å². The Hall–Kier alpha value is -2.44. The molecule has 7 heteroatoms. The van der Waals surface area contributed by atoms with Gasteiger partial charge in [0.15, 0.2) is 11.5 Å². The summed E-state index contributed by atoms with van der Waals surface area (Å²) in [5.41, 5.74) is 1.64. The molecule has 0 bridgehead atoms. The molecular weight excluding hydrogens is 398 g/mol. The third kappa shape index (κ3) is 4.51. The van der Waals surface area contributed by atoms with Gasteiger partial charge in [0.2, 0.25) is 0 Å². The first-order chi connectivity index (χ1) is 13.5. The Balaban J connectivity index is 1.81. The van der Waals surface area contributed by atoms with Gasteiger partial charge >= 0.3 is 0 Å². The van der Waals surface area contributed by atoms with E-state index >= 15 is 0 Å². The second-order valence-electron chi connectivity index (χ2n) is 5.95. The lowest BCUT2D eigenvalue weighted by Crippen LogP contribution is -2.27. The fourth-order valence-electron chi connectivity index (χ4n) is 2.70. The molecule has 1 fully saturated rings. The summed E-state index contributed by atoms with van der Waals surface area (Å²) in [7, 11) is 0. The molecule has 2 aromatic carbocycles. The van der Waals surface area contributed by atoms with Crippen molar-refractivity contribution in [2.45, 2.75) is 20.5 Å². The van der Waals surface area contributed by atoms with Gasteiger partial charge in [0.25, 0.3) is 11.1 Å². The zero-order valence-electron chi connectivity index (χ0n) is 15.6. The predicted octanol–water partition coefficient (Wildman–Crippen LogP) is 5.37. The maximum Gasteiger partial charge on any atom is 0.293 e. The first kappa shape index (κ1) is 20.3. The molecule has 0 aliphatic carbocycles. The summed E-state index contributed by atoms with van der Waals surface area (Å²) < 4.78 is 11.6. The number of carbonyl (C=O) groups is 2. The summed E-state index contributed by atoms with van der Waals surface area (Å²) in [4.78, 5) is 25.8. The Bertz CT molecular complexity index is 928. The molecular formula is C21H20ClNO4S. The van der Waals surface area contributed by atoms with Crippen LogP contribution in [-0.4, -0.2) is 29.2 Å². The van der Waals surface area contributed by atoms with E-state index in [9.17, 15) is 9.59 Å². The van der Waals surface area contributed by atoms with E-state index in [1.165, 1.54) is 4.90 Å². The summed E-state index contributed by atoms with van der Waals surface area (Å²) in [6, 6.07) is 12.9. The van der Waals surface area contributed by atoms with Crippen molar-refractivity contribution in [3.63, 3.8) is 0 Å². The van der Waals surface area contributed by atoms with Crippen LogP contribution in [0.4, 0.5) is 4.79 Å². The molecule has 1 aliphatic heterocycles. The number of carbonyl (C=O) groups excluding carboxylic acids is 2. The highest BCUT2D eigenvalue weighted by Gasteiger charge is 2.33. The largest absolute Gasteiger partial charge is 0.490 e. The van der Waals surface area contributed by atoms with Crippen molar-refractivity contribution in [2.24, 2.45) is 0 Å². The Morgan fingerprint density at radius 2 is 1.86 bits per heavy atom. The van der Waals surface area contributed by atoms with Crippen LogP contribution < -0.4 is 9.47 Å². The van der Waals surface area contributed by atoms with E-state index in [2.05, 4.69) is 0 Å². The van der Waals surface area contributed by atoms with Crippen LogP contribution in [0.3, 0.4) is 0 Å². The average Bonchev–Trinajstić information content (AvgIpc) is 2.95. The topological polar surface area (TPSA) is 55.8 Å². The lowest BCUT2D eigenvalue weighted by molar-refractivity contribution is -0.122. The van der Waals surface area contributed by atoms with Gasteiger partial charge in [0.1, 0.15) is 6.61 Å². The molecule has 0 unspecified atom stereocenters. The van der Waals surface area contributed by atoms with Crippen molar-refractivity contribution in [2.75, 3.05) is 13.2 Å². The number of amides is 2. The number of hydrogen-bond acceptors (Lipinski definition) is 5.